The zero-order valence-corrected chi connectivity index (χ0v) is 13.7. The van der Waals surface area contributed by atoms with Gasteiger partial charge in [-0.2, -0.15) is 4.31 Å². The Morgan fingerprint density at radius 2 is 2.00 bits per heavy atom. The van der Waals surface area contributed by atoms with Crippen molar-refractivity contribution in [3.8, 4) is 0 Å². The first-order chi connectivity index (χ1) is 9.46. The van der Waals surface area contributed by atoms with E-state index in [0.29, 0.717) is 26.3 Å². The van der Waals surface area contributed by atoms with Crippen LogP contribution in [0.1, 0.15) is 10.4 Å². The second-order valence-corrected chi connectivity index (χ2v) is 7.12. The van der Waals surface area contributed by atoms with E-state index in [-0.39, 0.29) is 26.6 Å². The number of ketones is 1. The number of sulfonamides is 1. The molecular weight excluding hydrogens is 370 g/mol. The molecule has 0 aliphatic carbocycles. The van der Waals surface area contributed by atoms with E-state index in [9.17, 15) is 13.2 Å². The van der Waals surface area contributed by atoms with Gasteiger partial charge in [0.1, 0.15) is 0 Å². The number of benzene rings is 1. The summed E-state index contributed by atoms with van der Waals surface area (Å²) >= 11 is 8.99. The van der Waals surface area contributed by atoms with Crippen LogP contribution in [0.15, 0.2) is 23.1 Å². The normalized spacial score (nSPS) is 17.1. The summed E-state index contributed by atoms with van der Waals surface area (Å²) in [5, 5.41) is 0.337. The highest BCUT2D eigenvalue weighted by Crippen LogP contribution is 2.24. The Balaban J connectivity index is 2.39. The average Bonchev–Trinajstić information content (AvgIpc) is 2.47. The van der Waals surface area contributed by atoms with Gasteiger partial charge < -0.3 is 4.74 Å². The monoisotopic (exact) mass is 381 g/mol. The van der Waals surface area contributed by atoms with E-state index in [1.165, 1.54) is 22.5 Å². The molecule has 0 N–H and O–H groups in total. The molecule has 1 aliphatic heterocycles. The summed E-state index contributed by atoms with van der Waals surface area (Å²) in [6.07, 6.45) is 0. The van der Waals surface area contributed by atoms with Crippen molar-refractivity contribution in [2.45, 2.75) is 4.90 Å². The van der Waals surface area contributed by atoms with Crippen LogP contribution in [0.25, 0.3) is 0 Å². The maximum absolute atomic E-state index is 12.5. The molecule has 1 aromatic rings. The Hall–Kier alpha value is -0.470. The molecule has 20 heavy (non-hydrogen) atoms. The highest BCUT2D eigenvalue weighted by Gasteiger charge is 2.27. The third-order valence-corrected chi connectivity index (χ3v) is 5.70. The maximum atomic E-state index is 12.5. The summed E-state index contributed by atoms with van der Waals surface area (Å²) in [7, 11) is -3.62. The minimum Gasteiger partial charge on any atom is -0.379 e. The number of nitrogens with zero attached hydrogens (tertiary/aromatic N) is 1. The first-order valence-electron chi connectivity index (χ1n) is 5.93. The van der Waals surface area contributed by atoms with Gasteiger partial charge in [0.25, 0.3) is 0 Å². The molecule has 0 amide bonds. The van der Waals surface area contributed by atoms with E-state index in [2.05, 4.69) is 15.9 Å². The second-order valence-electron chi connectivity index (χ2n) is 4.21. The van der Waals surface area contributed by atoms with Gasteiger partial charge in [0, 0.05) is 18.7 Å². The summed E-state index contributed by atoms with van der Waals surface area (Å²) in [5.74, 6) is -0.256. The fourth-order valence-electron chi connectivity index (χ4n) is 1.89. The van der Waals surface area contributed by atoms with Gasteiger partial charge in [0.2, 0.25) is 10.0 Å². The number of morpholine rings is 1. The van der Waals surface area contributed by atoms with Crippen LogP contribution in [0.3, 0.4) is 0 Å². The van der Waals surface area contributed by atoms with Gasteiger partial charge in [-0.1, -0.05) is 27.5 Å². The average molecular weight is 383 g/mol. The predicted octanol–water partition coefficient (Wildman–Crippen LogP) is 1.94. The molecule has 1 heterocycles. The van der Waals surface area contributed by atoms with Crippen LogP contribution >= 0.6 is 27.5 Å². The minimum atomic E-state index is -3.62. The molecule has 8 heteroatoms. The molecule has 110 valence electrons. The molecule has 2 rings (SSSR count). The lowest BCUT2D eigenvalue weighted by Gasteiger charge is -2.26. The van der Waals surface area contributed by atoms with Gasteiger partial charge in [-0.05, 0) is 18.2 Å². The molecule has 5 nitrogen and oxygen atoms in total. The van der Waals surface area contributed by atoms with Crippen molar-refractivity contribution in [2.75, 3.05) is 31.6 Å². The smallest absolute Gasteiger partial charge is 0.243 e. The molecule has 0 saturated carbocycles. The van der Waals surface area contributed by atoms with Crippen molar-refractivity contribution >= 4 is 43.3 Å². The maximum Gasteiger partial charge on any atom is 0.243 e. The van der Waals surface area contributed by atoms with E-state index >= 15 is 0 Å². The van der Waals surface area contributed by atoms with Crippen molar-refractivity contribution in [3.63, 3.8) is 0 Å². The van der Waals surface area contributed by atoms with E-state index in [1.54, 1.807) is 0 Å². The Morgan fingerprint density at radius 3 is 2.60 bits per heavy atom. The fraction of sp³-hybridized carbons (Fsp3) is 0.417. The predicted molar refractivity (Wildman–Crippen MR) is 79.2 cm³/mol. The Labute approximate surface area is 131 Å². The Kier molecular flexibility index (Phi) is 5.19. The molecule has 0 radical (unpaired) electrons. The largest absolute Gasteiger partial charge is 0.379 e. The number of ether oxygens (including phenoxy) is 1. The van der Waals surface area contributed by atoms with Gasteiger partial charge in [-0.25, -0.2) is 8.42 Å². The van der Waals surface area contributed by atoms with Crippen LogP contribution in [-0.2, 0) is 14.8 Å². The summed E-state index contributed by atoms with van der Waals surface area (Å²) in [6, 6.07) is 4.18. The van der Waals surface area contributed by atoms with Gasteiger partial charge in [0.15, 0.2) is 5.78 Å². The van der Waals surface area contributed by atoms with Crippen molar-refractivity contribution in [1.29, 1.82) is 0 Å². The van der Waals surface area contributed by atoms with Crippen LogP contribution in [-0.4, -0.2) is 50.1 Å². The summed E-state index contributed by atoms with van der Waals surface area (Å²) < 4.78 is 31.4. The molecule has 1 saturated heterocycles. The number of carbonyl (C=O) groups excluding carboxylic acids is 1. The van der Waals surface area contributed by atoms with Gasteiger partial charge in [0.05, 0.1) is 28.5 Å². The number of Topliss-reactive ketones (excluding diaryl/α,β-unsaturated/α-hetero) is 1. The highest BCUT2D eigenvalue weighted by molar-refractivity contribution is 9.09. The zero-order valence-electron chi connectivity index (χ0n) is 10.5. The fourth-order valence-corrected chi connectivity index (χ4v) is 3.85. The van der Waals surface area contributed by atoms with Crippen LogP contribution in [0, 0.1) is 0 Å². The van der Waals surface area contributed by atoms with Crippen molar-refractivity contribution in [3.05, 3.63) is 28.8 Å². The second kappa shape index (κ2) is 6.53. The molecule has 0 aromatic heterocycles. The molecule has 0 bridgehead atoms. The standard InChI is InChI=1S/C12H13BrClNO4S/c13-8-12(16)10-7-9(1-2-11(10)14)20(17,18)15-3-5-19-6-4-15/h1-2,7H,3-6,8H2. The molecule has 1 aliphatic rings. The van der Waals surface area contributed by atoms with Gasteiger partial charge in [-0.15, -0.1) is 0 Å². The summed E-state index contributed by atoms with van der Waals surface area (Å²) in [6.45, 7) is 1.37. The van der Waals surface area contributed by atoms with E-state index in [0.717, 1.165) is 0 Å². The Bertz CT molecular complexity index is 614. The van der Waals surface area contributed by atoms with E-state index < -0.39 is 10.0 Å². The SMILES string of the molecule is O=C(CBr)c1cc(S(=O)(=O)N2CCOCC2)ccc1Cl. The molecule has 1 aromatic carbocycles. The minimum absolute atomic E-state index is 0.0769. The first-order valence-corrected chi connectivity index (χ1v) is 8.87. The third-order valence-electron chi connectivity index (χ3n) is 2.97. The topological polar surface area (TPSA) is 63.7 Å². The van der Waals surface area contributed by atoms with Crippen molar-refractivity contribution < 1.29 is 17.9 Å². The quantitative estimate of drug-likeness (QED) is 0.590. The lowest BCUT2D eigenvalue weighted by atomic mass is 10.1. The lowest BCUT2D eigenvalue weighted by Crippen LogP contribution is -2.40. The first kappa shape index (κ1) is 15.9. The molecule has 1 fully saturated rings. The lowest BCUT2D eigenvalue weighted by molar-refractivity contribution is 0.0730. The number of hydrogen-bond donors (Lipinski definition) is 0. The molecule has 0 spiro atoms. The molecule has 0 atom stereocenters. The van der Waals surface area contributed by atoms with E-state index in [1.807, 2.05) is 0 Å². The zero-order chi connectivity index (χ0) is 14.8. The van der Waals surface area contributed by atoms with Crippen molar-refractivity contribution in [2.24, 2.45) is 0 Å². The van der Waals surface area contributed by atoms with Crippen LogP contribution in [0.4, 0.5) is 0 Å². The van der Waals surface area contributed by atoms with Crippen LogP contribution in [0.5, 0.6) is 0 Å². The Morgan fingerprint density at radius 1 is 1.35 bits per heavy atom. The number of alkyl halides is 1. The third kappa shape index (κ3) is 3.23. The van der Waals surface area contributed by atoms with Crippen molar-refractivity contribution in [1.82, 2.24) is 4.31 Å². The van der Waals surface area contributed by atoms with Crippen LogP contribution in [0.2, 0.25) is 5.02 Å². The van der Waals surface area contributed by atoms with Gasteiger partial charge >= 0.3 is 0 Å². The number of rotatable bonds is 4. The summed E-state index contributed by atoms with van der Waals surface area (Å²) in [5.41, 5.74) is 0.206. The molecule has 0 unspecified atom stereocenters. The number of hydrogen-bond acceptors (Lipinski definition) is 4. The summed E-state index contributed by atoms with van der Waals surface area (Å²) in [4.78, 5) is 11.8. The van der Waals surface area contributed by atoms with E-state index in [4.69, 9.17) is 16.3 Å². The molecular formula is C12H13BrClNO4S. The highest BCUT2D eigenvalue weighted by atomic mass is 79.9. The number of carbonyl (C=O) groups is 1. The van der Waals surface area contributed by atoms with Gasteiger partial charge in [-0.3, -0.25) is 4.79 Å². The number of halogens is 2. The van der Waals surface area contributed by atoms with Crippen LogP contribution < -0.4 is 0 Å².